The van der Waals surface area contributed by atoms with Gasteiger partial charge < -0.3 is 25.4 Å². The molecule has 1 fully saturated rings. The number of hydrogen-bond donors (Lipinski definition) is 4. The fourth-order valence-corrected chi connectivity index (χ4v) is 4.30. The molecule has 0 bridgehead atoms. The van der Waals surface area contributed by atoms with Crippen LogP contribution in [0.4, 0.5) is 11.4 Å². The van der Waals surface area contributed by atoms with Crippen molar-refractivity contribution in [3.05, 3.63) is 89.0 Å². The Balaban J connectivity index is 1.45. The van der Waals surface area contributed by atoms with Crippen LogP contribution >= 0.6 is 0 Å². The highest BCUT2D eigenvalue weighted by atomic mass is 16.5. The second-order valence-electron chi connectivity index (χ2n) is 9.07. The molecule has 9 nitrogen and oxygen atoms in total. The van der Waals surface area contributed by atoms with E-state index in [4.69, 9.17) is 16.6 Å². The summed E-state index contributed by atoms with van der Waals surface area (Å²) in [6, 6.07) is 18.2. The summed E-state index contributed by atoms with van der Waals surface area (Å²) in [6.07, 6.45) is 6.37. The first-order valence-corrected chi connectivity index (χ1v) is 12.3. The van der Waals surface area contributed by atoms with E-state index in [1.807, 2.05) is 4.90 Å². The number of hydrogen-bond acceptors (Lipinski definition) is 5. The number of amidine groups is 1. The SMILES string of the molecule is C#Cc1ccc(NC(=O)c2cc(OC)ccc2NC(=O)c2ccc(C(=N)N3CCC(C(=O)O)CC3)cc2)cc1. The van der Waals surface area contributed by atoms with Crippen LogP contribution in [-0.2, 0) is 4.79 Å². The molecular formula is C30H28N4O5. The van der Waals surface area contributed by atoms with Gasteiger partial charge in [0.15, 0.2) is 0 Å². The number of carbonyl (C=O) groups excluding carboxylic acids is 2. The van der Waals surface area contributed by atoms with Gasteiger partial charge >= 0.3 is 5.97 Å². The zero-order chi connectivity index (χ0) is 27.9. The van der Waals surface area contributed by atoms with E-state index in [2.05, 4.69) is 16.6 Å². The van der Waals surface area contributed by atoms with Gasteiger partial charge in [-0.05, 0) is 67.4 Å². The van der Waals surface area contributed by atoms with E-state index in [1.54, 1.807) is 66.7 Å². The molecule has 9 heteroatoms. The Morgan fingerprint density at radius 1 is 0.949 bits per heavy atom. The Labute approximate surface area is 226 Å². The minimum Gasteiger partial charge on any atom is -0.497 e. The number of anilines is 2. The van der Waals surface area contributed by atoms with E-state index in [-0.39, 0.29) is 17.3 Å². The molecule has 0 spiro atoms. The molecule has 4 rings (SSSR count). The minimum atomic E-state index is -0.798. The minimum absolute atomic E-state index is 0.215. The number of nitrogens with one attached hydrogen (secondary N) is 3. The lowest BCUT2D eigenvalue weighted by Gasteiger charge is -2.32. The molecule has 4 N–H and O–H groups in total. The Morgan fingerprint density at radius 2 is 1.59 bits per heavy atom. The van der Waals surface area contributed by atoms with Gasteiger partial charge in [0, 0.05) is 35.5 Å². The summed E-state index contributed by atoms with van der Waals surface area (Å²) in [7, 11) is 1.49. The zero-order valence-corrected chi connectivity index (χ0v) is 21.4. The van der Waals surface area contributed by atoms with Crippen molar-refractivity contribution in [2.24, 2.45) is 5.92 Å². The molecule has 0 saturated carbocycles. The molecule has 1 heterocycles. The smallest absolute Gasteiger partial charge is 0.306 e. The molecule has 1 aliphatic heterocycles. The van der Waals surface area contributed by atoms with Gasteiger partial charge in [0.2, 0.25) is 0 Å². The van der Waals surface area contributed by atoms with Crippen molar-refractivity contribution in [3.8, 4) is 18.1 Å². The number of carboxylic acids is 1. The number of amides is 2. The van der Waals surface area contributed by atoms with Crippen molar-refractivity contribution in [3.63, 3.8) is 0 Å². The first-order chi connectivity index (χ1) is 18.8. The molecular weight excluding hydrogens is 496 g/mol. The lowest BCUT2D eigenvalue weighted by Crippen LogP contribution is -2.40. The van der Waals surface area contributed by atoms with Crippen LogP contribution in [-0.4, -0.2) is 53.8 Å². The second-order valence-corrected chi connectivity index (χ2v) is 9.07. The van der Waals surface area contributed by atoms with Gasteiger partial charge in [0.1, 0.15) is 11.6 Å². The Morgan fingerprint density at radius 3 is 2.18 bits per heavy atom. The standard InChI is InChI=1S/C30H28N4O5/c1-3-19-4-10-23(11-5-19)32-29(36)25-18-24(39-2)12-13-26(25)33-28(35)21-8-6-20(7-9-21)27(31)34-16-14-22(15-17-34)30(37)38/h1,4-13,18,22,31H,14-17H2,2H3,(H,32,36)(H,33,35)(H,37,38). The van der Waals surface area contributed by atoms with E-state index < -0.39 is 17.8 Å². The van der Waals surface area contributed by atoms with Gasteiger partial charge in [-0.1, -0.05) is 18.1 Å². The third kappa shape index (κ3) is 6.43. The number of nitrogens with zero attached hydrogens (tertiary/aromatic N) is 1. The van der Waals surface area contributed by atoms with Gasteiger partial charge in [-0.3, -0.25) is 19.8 Å². The number of carbonyl (C=O) groups is 3. The summed E-state index contributed by atoms with van der Waals surface area (Å²) in [5.74, 6) is 1.23. The number of carboxylic acid groups (broad SMARTS) is 1. The predicted octanol–water partition coefficient (Wildman–Crippen LogP) is 4.30. The number of aliphatic carboxylic acids is 1. The van der Waals surface area contributed by atoms with Crippen LogP contribution in [0.1, 0.15) is 44.7 Å². The van der Waals surface area contributed by atoms with Gasteiger partial charge in [-0.25, -0.2) is 0 Å². The van der Waals surface area contributed by atoms with Crippen molar-refractivity contribution in [2.75, 3.05) is 30.8 Å². The normalized spacial score (nSPS) is 13.2. The maximum Gasteiger partial charge on any atom is 0.306 e. The molecule has 0 aliphatic carbocycles. The molecule has 0 atom stereocenters. The number of terminal acetylenes is 1. The largest absolute Gasteiger partial charge is 0.497 e. The van der Waals surface area contributed by atoms with Gasteiger partial charge in [0.05, 0.1) is 24.3 Å². The van der Waals surface area contributed by atoms with Crippen LogP contribution in [0.15, 0.2) is 66.7 Å². The fourth-order valence-electron chi connectivity index (χ4n) is 4.30. The van der Waals surface area contributed by atoms with E-state index in [0.717, 1.165) is 0 Å². The summed E-state index contributed by atoms with van der Waals surface area (Å²) >= 11 is 0. The third-order valence-corrected chi connectivity index (χ3v) is 6.61. The molecule has 0 aromatic heterocycles. The van der Waals surface area contributed by atoms with Gasteiger partial charge in [-0.15, -0.1) is 6.42 Å². The first-order valence-electron chi connectivity index (χ1n) is 12.3. The van der Waals surface area contributed by atoms with Crippen LogP contribution in [0.2, 0.25) is 0 Å². The molecule has 198 valence electrons. The summed E-state index contributed by atoms with van der Waals surface area (Å²) in [5.41, 5.74) is 2.72. The summed E-state index contributed by atoms with van der Waals surface area (Å²) in [5, 5.41) is 23.3. The second kappa shape index (κ2) is 12.0. The van der Waals surface area contributed by atoms with Gasteiger partial charge in [-0.2, -0.15) is 0 Å². The molecule has 2 amide bonds. The van der Waals surface area contributed by atoms with Crippen molar-refractivity contribution < 1.29 is 24.2 Å². The Bertz CT molecular complexity index is 1430. The van der Waals surface area contributed by atoms with Gasteiger partial charge in [0.25, 0.3) is 11.8 Å². The summed E-state index contributed by atoms with van der Waals surface area (Å²) < 4.78 is 5.27. The molecule has 3 aromatic rings. The first kappa shape index (κ1) is 26.9. The van der Waals surface area contributed by atoms with E-state index in [9.17, 15) is 19.5 Å². The van der Waals surface area contributed by atoms with Crippen LogP contribution in [0, 0.1) is 23.7 Å². The molecule has 39 heavy (non-hydrogen) atoms. The molecule has 0 radical (unpaired) electrons. The third-order valence-electron chi connectivity index (χ3n) is 6.61. The number of likely N-dealkylation sites (tertiary alicyclic amines) is 1. The van der Waals surface area contributed by atoms with E-state index in [1.165, 1.54) is 7.11 Å². The lowest BCUT2D eigenvalue weighted by molar-refractivity contribution is -0.143. The Hall–Kier alpha value is -5.10. The maximum atomic E-state index is 13.1. The summed E-state index contributed by atoms with van der Waals surface area (Å²) in [6.45, 7) is 0.989. The highest BCUT2D eigenvalue weighted by molar-refractivity contribution is 6.13. The number of ether oxygens (including phenoxy) is 1. The quantitative estimate of drug-likeness (QED) is 0.207. The number of piperidine rings is 1. The monoisotopic (exact) mass is 524 g/mol. The van der Waals surface area contributed by atoms with E-state index >= 15 is 0 Å². The fraction of sp³-hybridized carbons (Fsp3) is 0.200. The molecule has 1 aliphatic rings. The average molecular weight is 525 g/mol. The van der Waals surface area contributed by atoms with Crippen LogP contribution < -0.4 is 15.4 Å². The number of benzene rings is 3. The number of rotatable bonds is 7. The topological polar surface area (TPSA) is 132 Å². The molecule has 3 aromatic carbocycles. The maximum absolute atomic E-state index is 13.1. The van der Waals surface area contributed by atoms with Crippen molar-refractivity contribution in [2.45, 2.75) is 12.8 Å². The predicted molar refractivity (Wildman–Crippen MR) is 148 cm³/mol. The van der Waals surface area contributed by atoms with E-state index in [0.29, 0.717) is 59.7 Å². The van der Waals surface area contributed by atoms with Crippen LogP contribution in [0.25, 0.3) is 0 Å². The Kier molecular flexibility index (Phi) is 8.27. The lowest BCUT2D eigenvalue weighted by atomic mass is 9.96. The number of methoxy groups -OCH3 is 1. The zero-order valence-electron chi connectivity index (χ0n) is 21.4. The van der Waals surface area contributed by atoms with Crippen LogP contribution in [0.5, 0.6) is 5.75 Å². The highest BCUT2D eigenvalue weighted by Gasteiger charge is 2.26. The summed E-state index contributed by atoms with van der Waals surface area (Å²) in [4.78, 5) is 39.2. The van der Waals surface area contributed by atoms with Crippen LogP contribution in [0.3, 0.4) is 0 Å². The molecule has 1 saturated heterocycles. The van der Waals surface area contributed by atoms with Crippen molar-refractivity contribution >= 4 is 35.0 Å². The van der Waals surface area contributed by atoms with Crippen molar-refractivity contribution in [1.29, 1.82) is 5.41 Å². The molecule has 0 unspecified atom stereocenters. The average Bonchev–Trinajstić information content (AvgIpc) is 2.97. The highest BCUT2D eigenvalue weighted by Crippen LogP contribution is 2.25. The van der Waals surface area contributed by atoms with Crippen molar-refractivity contribution in [1.82, 2.24) is 4.90 Å².